The first-order valence-electron chi connectivity index (χ1n) is 8.04. The average Bonchev–Trinajstić information content (AvgIpc) is 2.77. The molecule has 2 rings (SSSR count). The molecule has 5 heteroatoms. The lowest BCUT2D eigenvalue weighted by atomic mass is 9.94. The molecule has 2 aliphatic heterocycles. The van der Waals surface area contributed by atoms with Crippen LogP contribution < -0.4 is 5.32 Å². The molecule has 0 radical (unpaired) electrons. The summed E-state index contributed by atoms with van der Waals surface area (Å²) in [6, 6.07) is -0.807. The predicted molar refractivity (Wildman–Crippen MR) is 80.7 cm³/mol. The molecule has 120 valence electrons. The fraction of sp³-hybridized carbons (Fsp3) is 0.875. The summed E-state index contributed by atoms with van der Waals surface area (Å²) in [4.78, 5) is 26.5. The first-order valence-corrected chi connectivity index (χ1v) is 8.04. The van der Waals surface area contributed by atoms with E-state index in [0.717, 1.165) is 19.3 Å². The van der Waals surface area contributed by atoms with Crippen molar-refractivity contribution in [3.8, 4) is 0 Å². The molecule has 5 nitrogen and oxygen atoms in total. The van der Waals surface area contributed by atoms with Gasteiger partial charge in [-0.25, -0.2) is 0 Å². The van der Waals surface area contributed by atoms with Gasteiger partial charge in [0.1, 0.15) is 12.1 Å². The maximum absolute atomic E-state index is 12.7. The van der Waals surface area contributed by atoms with E-state index < -0.39 is 12.1 Å². The average molecular weight is 296 g/mol. The van der Waals surface area contributed by atoms with E-state index in [-0.39, 0.29) is 29.4 Å². The highest BCUT2D eigenvalue weighted by molar-refractivity contribution is 5.96. The van der Waals surface area contributed by atoms with E-state index in [0.29, 0.717) is 6.54 Å². The largest absolute Gasteiger partial charge is 0.371 e. The molecule has 0 bridgehead atoms. The van der Waals surface area contributed by atoms with Gasteiger partial charge >= 0.3 is 0 Å². The number of ether oxygens (including phenoxy) is 1. The number of hydrogen-bond acceptors (Lipinski definition) is 3. The van der Waals surface area contributed by atoms with Gasteiger partial charge in [0.05, 0.1) is 11.7 Å². The summed E-state index contributed by atoms with van der Waals surface area (Å²) in [6.45, 7) is 10.5. The molecule has 2 saturated heterocycles. The molecule has 4 unspecified atom stereocenters. The van der Waals surface area contributed by atoms with Crippen LogP contribution in [0.2, 0.25) is 0 Å². The highest BCUT2D eigenvalue weighted by atomic mass is 16.5. The number of piperazine rings is 1. The van der Waals surface area contributed by atoms with Crippen LogP contribution in [0.3, 0.4) is 0 Å². The van der Waals surface area contributed by atoms with Crippen LogP contribution in [0.25, 0.3) is 0 Å². The Hall–Kier alpha value is -1.10. The standard InChI is InChI=1S/C16H28N2O3/c1-6-10(2)13-15(20)18(11(3)14(19)17-13)9-12-7-8-16(4,5)21-12/h10-13H,6-9H2,1-5H3,(H,17,19). The van der Waals surface area contributed by atoms with Crippen molar-refractivity contribution >= 4 is 11.8 Å². The van der Waals surface area contributed by atoms with Crippen molar-refractivity contribution in [2.75, 3.05) is 6.54 Å². The Kier molecular flexibility index (Phi) is 4.61. The summed E-state index contributed by atoms with van der Waals surface area (Å²) in [6.07, 6.45) is 2.84. The van der Waals surface area contributed by atoms with Gasteiger partial charge in [-0.05, 0) is 39.5 Å². The van der Waals surface area contributed by atoms with Crippen molar-refractivity contribution < 1.29 is 14.3 Å². The summed E-state index contributed by atoms with van der Waals surface area (Å²) in [5, 5.41) is 2.87. The minimum atomic E-state index is -0.412. The van der Waals surface area contributed by atoms with Crippen LogP contribution in [0.1, 0.15) is 53.9 Å². The highest BCUT2D eigenvalue weighted by Crippen LogP contribution is 2.30. The smallest absolute Gasteiger partial charge is 0.246 e. The van der Waals surface area contributed by atoms with Crippen LogP contribution in [0, 0.1) is 5.92 Å². The van der Waals surface area contributed by atoms with Crippen LogP contribution in [0.5, 0.6) is 0 Å². The van der Waals surface area contributed by atoms with Crippen molar-refractivity contribution in [3.63, 3.8) is 0 Å². The number of carbonyl (C=O) groups is 2. The van der Waals surface area contributed by atoms with Crippen molar-refractivity contribution in [1.82, 2.24) is 10.2 Å². The van der Waals surface area contributed by atoms with Gasteiger partial charge < -0.3 is 15.0 Å². The van der Waals surface area contributed by atoms with E-state index in [1.807, 2.05) is 13.8 Å². The van der Waals surface area contributed by atoms with E-state index in [9.17, 15) is 9.59 Å². The highest BCUT2D eigenvalue weighted by Gasteiger charge is 2.42. The van der Waals surface area contributed by atoms with Crippen LogP contribution in [0.4, 0.5) is 0 Å². The molecular weight excluding hydrogens is 268 g/mol. The SMILES string of the molecule is CCC(C)C1NC(=O)C(C)N(CC2CCC(C)(C)O2)C1=O. The molecule has 4 atom stereocenters. The van der Waals surface area contributed by atoms with Gasteiger partial charge in [-0.1, -0.05) is 20.3 Å². The minimum Gasteiger partial charge on any atom is -0.371 e. The molecule has 0 spiro atoms. The van der Waals surface area contributed by atoms with E-state index >= 15 is 0 Å². The van der Waals surface area contributed by atoms with Gasteiger partial charge in [0.25, 0.3) is 0 Å². The monoisotopic (exact) mass is 296 g/mol. The van der Waals surface area contributed by atoms with E-state index in [1.165, 1.54) is 0 Å². The van der Waals surface area contributed by atoms with E-state index in [1.54, 1.807) is 11.8 Å². The Bertz CT molecular complexity index is 422. The lowest BCUT2D eigenvalue weighted by Gasteiger charge is -2.40. The van der Waals surface area contributed by atoms with Crippen LogP contribution >= 0.6 is 0 Å². The lowest BCUT2D eigenvalue weighted by molar-refractivity contribution is -0.152. The molecular formula is C16H28N2O3. The number of amides is 2. The molecule has 0 aromatic heterocycles. The summed E-state index contributed by atoms with van der Waals surface area (Å²) in [5.41, 5.74) is -0.120. The number of nitrogens with one attached hydrogen (secondary N) is 1. The number of nitrogens with zero attached hydrogens (tertiary/aromatic N) is 1. The van der Waals surface area contributed by atoms with Crippen molar-refractivity contribution in [1.29, 1.82) is 0 Å². The Labute approximate surface area is 127 Å². The molecule has 0 saturated carbocycles. The zero-order chi connectivity index (χ0) is 15.8. The van der Waals surface area contributed by atoms with Gasteiger partial charge in [0, 0.05) is 6.54 Å². The topological polar surface area (TPSA) is 58.6 Å². The van der Waals surface area contributed by atoms with Gasteiger partial charge in [0.2, 0.25) is 11.8 Å². The Balaban J connectivity index is 2.08. The summed E-state index contributed by atoms with van der Waals surface area (Å²) in [7, 11) is 0. The molecule has 21 heavy (non-hydrogen) atoms. The summed E-state index contributed by atoms with van der Waals surface area (Å²) < 4.78 is 5.98. The van der Waals surface area contributed by atoms with Crippen molar-refractivity contribution in [2.45, 2.75) is 77.7 Å². The van der Waals surface area contributed by atoms with Gasteiger partial charge in [-0.2, -0.15) is 0 Å². The third-order valence-electron chi connectivity index (χ3n) is 4.86. The normalized spacial score (nSPS) is 34.0. The lowest BCUT2D eigenvalue weighted by Crippen LogP contribution is -2.65. The maximum atomic E-state index is 12.7. The second kappa shape index (κ2) is 5.95. The Morgan fingerprint density at radius 3 is 2.62 bits per heavy atom. The number of rotatable bonds is 4. The predicted octanol–water partition coefficient (Wildman–Crippen LogP) is 1.71. The van der Waals surface area contributed by atoms with Crippen LogP contribution in [-0.2, 0) is 14.3 Å². The molecule has 0 aliphatic carbocycles. The molecule has 0 aromatic rings. The molecule has 2 heterocycles. The first-order chi connectivity index (χ1) is 9.75. The van der Waals surface area contributed by atoms with Gasteiger partial charge in [-0.3, -0.25) is 9.59 Å². The van der Waals surface area contributed by atoms with Gasteiger partial charge in [0.15, 0.2) is 0 Å². The molecule has 2 aliphatic rings. The second-order valence-corrected chi connectivity index (χ2v) is 7.08. The van der Waals surface area contributed by atoms with E-state index in [4.69, 9.17) is 4.74 Å². The molecule has 1 N–H and O–H groups in total. The summed E-state index contributed by atoms with van der Waals surface area (Å²) >= 11 is 0. The van der Waals surface area contributed by atoms with E-state index in [2.05, 4.69) is 19.2 Å². The third-order valence-corrected chi connectivity index (χ3v) is 4.86. The number of carbonyl (C=O) groups excluding carboxylic acids is 2. The first kappa shape index (κ1) is 16.3. The maximum Gasteiger partial charge on any atom is 0.246 e. The van der Waals surface area contributed by atoms with Crippen LogP contribution in [0.15, 0.2) is 0 Å². The summed E-state index contributed by atoms with van der Waals surface area (Å²) in [5.74, 6) is 0.124. The quantitative estimate of drug-likeness (QED) is 0.859. The Morgan fingerprint density at radius 2 is 2.10 bits per heavy atom. The molecule has 2 fully saturated rings. The minimum absolute atomic E-state index is 0.0322. The van der Waals surface area contributed by atoms with Crippen LogP contribution in [-0.4, -0.2) is 47.0 Å². The zero-order valence-electron chi connectivity index (χ0n) is 13.8. The Morgan fingerprint density at radius 1 is 1.43 bits per heavy atom. The number of hydrogen-bond donors (Lipinski definition) is 1. The molecule has 0 aromatic carbocycles. The molecule has 2 amide bonds. The fourth-order valence-electron chi connectivity index (χ4n) is 3.14. The third kappa shape index (κ3) is 3.39. The van der Waals surface area contributed by atoms with Crippen molar-refractivity contribution in [3.05, 3.63) is 0 Å². The van der Waals surface area contributed by atoms with Gasteiger partial charge in [-0.15, -0.1) is 0 Å². The van der Waals surface area contributed by atoms with Crippen molar-refractivity contribution in [2.24, 2.45) is 5.92 Å². The second-order valence-electron chi connectivity index (χ2n) is 7.08. The zero-order valence-corrected chi connectivity index (χ0v) is 13.8. The fourth-order valence-corrected chi connectivity index (χ4v) is 3.14.